The summed E-state index contributed by atoms with van der Waals surface area (Å²) in [5.41, 5.74) is 6.52. The Hall–Kier alpha value is -2.36. The van der Waals surface area contributed by atoms with Gasteiger partial charge in [-0.25, -0.2) is 4.68 Å². The van der Waals surface area contributed by atoms with Crippen LogP contribution in [0.15, 0.2) is 42.5 Å². The van der Waals surface area contributed by atoms with Gasteiger partial charge in [-0.1, -0.05) is 49.4 Å². The zero-order chi connectivity index (χ0) is 17.0. The van der Waals surface area contributed by atoms with Gasteiger partial charge in [0.25, 0.3) is 0 Å². The van der Waals surface area contributed by atoms with Gasteiger partial charge in [-0.2, -0.15) is 0 Å². The lowest BCUT2D eigenvalue weighted by molar-refractivity contribution is 0.284. The monoisotopic (exact) mass is 332 g/mol. The summed E-state index contributed by atoms with van der Waals surface area (Å²) in [5, 5.41) is 9.01. The Morgan fingerprint density at radius 1 is 1.12 bits per heavy atom. The lowest BCUT2D eigenvalue weighted by Crippen LogP contribution is -2.49. The minimum Gasteiger partial charge on any atom is -0.368 e. The van der Waals surface area contributed by atoms with Crippen molar-refractivity contribution in [2.75, 3.05) is 11.4 Å². The molecule has 5 rings (SSSR count). The number of benzene rings is 2. The highest BCUT2D eigenvalue weighted by molar-refractivity contribution is 5.75. The van der Waals surface area contributed by atoms with Crippen molar-refractivity contribution in [1.29, 1.82) is 0 Å². The van der Waals surface area contributed by atoms with Gasteiger partial charge in [0, 0.05) is 29.8 Å². The molecule has 0 radical (unpaired) electrons. The first-order valence-corrected chi connectivity index (χ1v) is 9.48. The molecular formula is C21H24N4. The average molecular weight is 332 g/mol. The predicted octanol–water partition coefficient (Wildman–Crippen LogP) is 4.20. The van der Waals surface area contributed by atoms with Crippen LogP contribution >= 0.6 is 0 Å². The van der Waals surface area contributed by atoms with E-state index in [0.717, 1.165) is 17.5 Å². The molecule has 0 saturated carbocycles. The van der Waals surface area contributed by atoms with Crippen molar-refractivity contribution >= 4 is 16.7 Å². The molecule has 0 saturated heterocycles. The van der Waals surface area contributed by atoms with Crippen LogP contribution in [-0.2, 0) is 6.42 Å². The molecule has 3 heterocycles. The topological polar surface area (TPSA) is 34.0 Å². The molecule has 3 unspecified atom stereocenters. The number of nitrogens with zero attached hydrogens (tertiary/aromatic N) is 4. The van der Waals surface area contributed by atoms with Gasteiger partial charge in [0.05, 0.1) is 11.6 Å². The maximum Gasteiger partial charge on any atom is 0.113 e. The number of rotatable bonds is 2. The van der Waals surface area contributed by atoms with Gasteiger partial charge in [-0.3, -0.25) is 0 Å². The van der Waals surface area contributed by atoms with Crippen LogP contribution in [0.1, 0.15) is 43.9 Å². The maximum absolute atomic E-state index is 4.58. The molecule has 2 aliphatic rings. The maximum atomic E-state index is 4.58. The van der Waals surface area contributed by atoms with Crippen LogP contribution < -0.4 is 4.90 Å². The second-order valence-electron chi connectivity index (χ2n) is 7.45. The predicted molar refractivity (Wildman–Crippen MR) is 101 cm³/mol. The van der Waals surface area contributed by atoms with Gasteiger partial charge in [0.2, 0.25) is 0 Å². The third-order valence-corrected chi connectivity index (χ3v) is 6.17. The zero-order valence-corrected chi connectivity index (χ0v) is 14.9. The number of para-hydroxylation sites is 2. The van der Waals surface area contributed by atoms with E-state index in [4.69, 9.17) is 0 Å². The van der Waals surface area contributed by atoms with Crippen LogP contribution in [0.2, 0.25) is 0 Å². The van der Waals surface area contributed by atoms with Crippen molar-refractivity contribution in [3.05, 3.63) is 53.6 Å². The minimum atomic E-state index is 0.252. The Morgan fingerprint density at radius 2 is 2.00 bits per heavy atom. The Morgan fingerprint density at radius 3 is 2.88 bits per heavy atom. The number of fused-ring (bicyclic) bond motifs is 1. The Balaban J connectivity index is 1.76. The van der Waals surface area contributed by atoms with Crippen molar-refractivity contribution < 1.29 is 0 Å². The Labute approximate surface area is 148 Å². The second kappa shape index (κ2) is 5.58. The molecule has 3 atom stereocenters. The van der Waals surface area contributed by atoms with E-state index in [1.807, 2.05) is 6.07 Å². The molecule has 1 aromatic heterocycles. The van der Waals surface area contributed by atoms with Crippen molar-refractivity contribution in [2.24, 2.45) is 5.92 Å². The van der Waals surface area contributed by atoms with E-state index in [1.54, 1.807) is 0 Å². The van der Waals surface area contributed by atoms with Gasteiger partial charge in [-0.05, 0) is 37.0 Å². The second-order valence-corrected chi connectivity index (χ2v) is 7.45. The Bertz CT molecular complexity index is 929. The van der Waals surface area contributed by atoms with E-state index in [0.29, 0.717) is 12.0 Å². The molecule has 0 fully saturated rings. The highest BCUT2D eigenvalue weighted by atomic mass is 15.4. The molecule has 4 nitrogen and oxygen atoms in total. The first-order chi connectivity index (χ1) is 12.3. The van der Waals surface area contributed by atoms with Crippen LogP contribution in [0.4, 0.5) is 5.69 Å². The summed E-state index contributed by atoms with van der Waals surface area (Å²) in [6, 6.07) is 16.0. The first-order valence-electron chi connectivity index (χ1n) is 9.48. The number of hydrogen-bond donors (Lipinski definition) is 0. The summed E-state index contributed by atoms with van der Waals surface area (Å²) in [4.78, 5) is 2.68. The molecule has 128 valence electrons. The van der Waals surface area contributed by atoms with Gasteiger partial charge in [0.15, 0.2) is 0 Å². The average Bonchev–Trinajstić information content (AvgIpc) is 3.06. The third kappa shape index (κ3) is 2.06. The fourth-order valence-corrected chi connectivity index (χ4v) is 5.10. The van der Waals surface area contributed by atoms with E-state index in [-0.39, 0.29) is 6.04 Å². The van der Waals surface area contributed by atoms with E-state index < -0.39 is 0 Å². The molecule has 25 heavy (non-hydrogen) atoms. The summed E-state index contributed by atoms with van der Waals surface area (Å²) in [6.07, 6.45) is 3.62. The molecule has 2 aromatic carbocycles. The number of aromatic nitrogens is 3. The van der Waals surface area contributed by atoms with E-state index in [1.165, 1.54) is 36.2 Å². The van der Waals surface area contributed by atoms with Crippen LogP contribution in [0, 0.1) is 5.92 Å². The Kier molecular flexibility index (Phi) is 3.34. The molecule has 0 spiro atoms. The smallest absolute Gasteiger partial charge is 0.113 e. The van der Waals surface area contributed by atoms with E-state index in [2.05, 4.69) is 70.1 Å². The van der Waals surface area contributed by atoms with Crippen LogP contribution in [0.5, 0.6) is 0 Å². The quantitative estimate of drug-likeness (QED) is 0.705. The van der Waals surface area contributed by atoms with Gasteiger partial charge >= 0.3 is 0 Å². The van der Waals surface area contributed by atoms with E-state index >= 15 is 0 Å². The molecule has 2 aliphatic heterocycles. The van der Waals surface area contributed by atoms with Crippen molar-refractivity contribution in [3.8, 4) is 0 Å². The largest absolute Gasteiger partial charge is 0.368 e. The molecule has 0 bridgehead atoms. The van der Waals surface area contributed by atoms with Crippen molar-refractivity contribution in [1.82, 2.24) is 15.0 Å². The lowest BCUT2D eigenvalue weighted by atomic mass is 9.78. The van der Waals surface area contributed by atoms with Crippen LogP contribution in [0.3, 0.4) is 0 Å². The van der Waals surface area contributed by atoms with Gasteiger partial charge in [-0.15, -0.1) is 5.10 Å². The van der Waals surface area contributed by atoms with Crippen LogP contribution in [0.25, 0.3) is 11.0 Å². The van der Waals surface area contributed by atoms with E-state index in [9.17, 15) is 0 Å². The molecule has 0 N–H and O–H groups in total. The first kappa shape index (κ1) is 14.9. The number of aryl methyl sites for hydroxylation is 1. The number of anilines is 1. The highest BCUT2D eigenvalue weighted by Crippen LogP contribution is 2.47. The molecule has 4 heteroatoms. The number of hydrogen-bond acceptors (Lipinski definition) is 3. The summed E-state index contributed by atoms with van der Waals surface area (Å²) in [5.74, 6) is 0.496. The zero-order valence-electron chi connectivity index (χ0n) is 14.9. The summed E-state index contributed by atoms with van der Waals surface area (Å²) in [6.45, 7) is 5.89. The lowest BCUT2D eigenvalue weighted by Gasteiger charge is -2.49. The fraction of sp³-hybridized carbons (Fsp3) is 0.429. The summed E-state index contributed by atoms with van der Waals surface area (Å²) >= 11 is 0. The van der Waals surface area contributed by atoms with Crippen LogP contribution in [-0.4, -0.2) is 27.6 Å². The molecule has 0 amide bonds. The van der Waals surface area contributed by atoms with Gasteiger partial charge in [0.1, 0.15) is 5.52 Å². The molecule has 3 aromatic rings. The normalized spacial score (nSPS) is 25.2. The highest BCUT2D eigenvalue weighted by Gasteiger charge is 2.41. The van der Waals surface area contributed by atoms with Gasteiger partial charge < -0.3 is 4.90 Å². The summed E-state index contributed by atoms with van der Waals surface area (Å²) in [7, 11) is 0. The molecule has 0 aliphatic carbocycles. The molecular weight excluding hydrogens is 308 g/mol. The van der Waals surface area contributed by atoms with Crippen molar-refractivity contribution in [2.45, 2.75) is 45.2 Å². The SMILES string of the molecule is CCC1C(C)C(n2nnc3ccccc32)c2cccc3c2N1CCC3. The fourth-order valence-electron chi connectivity index (χ4n) is 5.10. The standard InChI is InChI=1S/C21H24N4/c1-3-18-14(2)20(25-19-12-5-4-11-17(19)22-23-25)16-10-6-8-15-9-7-13-24(18)21(15)16/h4-6,8,10-12,14,18,20H,3,7,9,13H2,1-2H3. The summed E-state index contributed by atoms with van der Waals surface area (Å²) < 4.78 is 2.17. The minimum absolute atomic E-state index is 0.252. The van der Waals surface area contributed by atoms with Crippen molar-refractivity contribution in [3.63, 3.8) is 0 Å². The third-order valence-electron chi connectivity index (χ3n) is 6.17.